The lowest BCUT2D eigenvalue weighted by atomic mass is 10.0. The fourth-order valence-electron chi connectivity index (χ4n) is 3.61. The van der Waals surface area contributed by atoms with E-state index in [2.05, 4.69) is 31.3 Å². The Morgan fingerprint density at radius 1 is 1.26 bits per heavy atom. The summed E-state index contributed by atoms with van der Waals surface area (Å²) in [6.45, 7) is 5.03. The topological polar surface area (TPSA) is 58.3 Å². The fraction of sp³-hybridized carbons (Fsp3) is 0.632. The molecular formula is C19H26N2O2. The second-order valence-electron chi connectivity index (χ2n) is 7.50. The van der Waals surface area contributed by atoms with E-state index in [1.54, 1.807) is 0 Å². The molecular weight excluding hydrogens is 288 g/mol. The van der Waals surface area contributed by atoms with Gasteiger partial charge >= 0.3 is 0 Å². The van der Waals surface area contributed by atoms with Crippen LogP contribution in [-0.2, 0) is 6.54 Å². The molecule has 0 radical (unpaired) electrons. The molecule has 0 amide bonds. The highest BCUT2D eigenvalue weighted by atomic mass is 16.3. The smallest absolute Gasteiger partial charge is 0.198 e. The fourth-order valence-corrected chi connectivity index (χ4v) is 3.61. The molecule has 23 heavy (non-hydrogen) atoms. The van der Waals surface area contributed by atoms with Crippen LogP contribution in [0.4, 0.5) is 0 Å². The van der Waals surface area contributed by atoms with Crippen LogP contribution in [0.2, 0.25) is 0 Å². The Morgan fingerprint density at radius 2 is 2.09 bits per heavy atom. The van der Waals surface area contributed by atoms with Gasteiger partial charge in [0.1, 0.15) is 5.52 Å². The van der Waals surface area contributed by atoms with Crippen molar-refractivity contribution in [2.75, 3.05) is 0 Å². The number of aromatic nitrogens is 1. The predicted molar refractivity (Wildman–Crippen MR) is 90.6 cm³/mol. The molecule has 2 saturated carbocycles. The maximum atomic E-state index is 9.97. The van der Waals surface area contributed by atoms with Crippen LogP contribution in [0.15, 0.2) is 16.5 Å². The number of oxazole rings is 1. The maximum Gasteiger partial charge on any atom is 0.198 e. The first-order valence-electron chi connectivity index (χ1n) is 8.96. The summed E-state index contributed by atoms with van der Waals surface area (Å²) in [5.74, 6) is 1.78. The molecule has 124 valence electrons. The number of benzene rings is 1. The minimum atomic E-state index is -0.193. The van der Waals surface area contributed by atoms with E-state index in [0.717, 1.165) is 42.8 Å². The second kappa shape index (κ2) is 5.91. The SMILES string of the molecule is CC(C)c1nc2cc(CNC3CCCC3O)cc(C3CC3)c2o1. The Morgan fingerprint density at radius 3 is 2.74 bits per heavy atom. The van der Waals surface area contributed by atoms with E-state index in [4.69, 9.17) is 9.40 Å². The first-order chi connectivity index (χ1) is 11.1. The molecule has 1 heterocycles. The summed E-state index contributed by atoms with van der Waals surface area (Å²) in [7, 11) is 0. The molecule has 4 rings (SSSR count). The number of nitrogens with one attached hydrogen (secondary N) is 1. The maximum absolute atomic E-state index is 9.97. The van der Waals surface area contributed by atoms with E-state index < -0.39 is 0 Å². The molecule has 4 nitrogen and oxygen atoms in total. The van der Waals surface area contributed by atoms with Gasteiger partial charge in [-0.25, -0.2) is 4.98 Å². The summed E-state index contributed by atoms with van der Waals surface area (Å²) in [5, 5.41) is 13.5. The molecule has 2 aliphatic carbocycles. The van der Waals surface area contributed by atoms with Crippen LogP contribution in [0.1, 0.15) is 74.8 Å². The number of hydrogen-bond donors (Lipinski definition) is 2. The summed E-state index contributed by atoms with van der Waals surface area (Å²) in [6.07, 6.45) is 5.43. The van der Waals surface area contributed by atoms with Crippen molar-refractivity contribution in [3.63, 3.8) is 0 Å². The van der Waals surface area contributed by atoms with Gasteiger partial charge in [0.15, 0.2) is 11.5 Å². The van der Waals surface area contributed by atoms with Gasteiger partial charge < -0.3 is 14.8 Å². The van der Waals surface area contributed by atoms with E-state index in [-0.39, 0.29) is 12.1 Å². The van der Waals surface area contributed by atoms with Crippen molar-refractivity contribution in [3.05, 3.63) is 29.2 Å². The van der Waals surface area contributed by atoms with Crippen molar-refractivity contribution < 1.29 is 9.52 Å². The van der Waals surface area contributed by atoms with Crippen LogP contribution in [0.25, 0.3) is 11.1 Å². The normalized spacial score (nSPS) is 24.9. The van der Waals surface area contributed by atoms with Crippen LogP contribution in [-0.4, -0.2) is 22.2 Å². The van der Waals surface area contributed by atoms with Gasteiger partial charge in [0, 0.05) is 24.1 Å². The lowest BCUT2D eigenvalue weighted by Crippen LogP contribution is -2.35. The molecule has 0 aliphatic heterocycles. The Kier molecular flexibility index (Phi) is 3.90. The number of rotatable bonds is 5. The largest absolute Gasteiger partial charge is 0.440 e. The summed E-state index contributed by atoms with van der Waals surface area (Å²) >= 11 is 0. The monoisotopic (exact) mass is 314 g/mol. The highest BCUT2D eigenvalue weighted by molar-refractivity contribution is 5.78. The second-order valence-corrected chi connectivity index (χ2v) is 7.50. The summed E-state index contributed by atoms with van der Waals surface area (Å²) in [5.41, 5.74) is 4.55. The Balaban J connectivity index is 1.61. The Labute approximate surface area is 137 Å². The molecule has 0 spiro atoms. The average Bonchev–Trinajstić information content (AvgIpc) is 3.14. The molecule has 2 fully saturated rings. The molecule has 2 aromatic rings. The van der Waals surface area contributed by atoms with Gasteiger partial charge in [-0.05, 0) is 49.7 Å². The summed E-state index contributed by atoms with van der Waals surface area (Å²) in [6, 6.07) is 4.66. The number of nitrogens with zero attached hydrogens (tertiary/aromatic N) is 1. The molecule has 2 aliphatic rings. The van der Waals surface area contributed by atoms with Crippen molar-refractivity contribution in [3.8, 4) is 0 Å². The van der Waals surface area contributed by atoms with Gasteiger partial charge in [-0.15, -0.1) is 0 Å². The lowest BCUT2D eigenvalue weighted by molar-refractivity contribution is 0.148. The Bertz CT molecular complexity index is 703. The predicted octanol–water partition coefficient (Wildman–Crippen LogP) is 3.83. The minimum Gasteiger partial charge on any atom is -0.440 e. The summed E-state index contributed by atoms with van der Waals surface area (Å²) in [4.78, 5) is 4.69. The van der Waals surface area contributed by atoms with Gasteiger partial charge in [-0.2, -0.15) is 0 Å². The van der Waals surface area contributed by atoms with Gasteiger partial charge in [-0.1, -0.05) is 19.9 Å². The van der Waals surface area contributed by atoms with E-state index in [1.165, 1.54) is 24.0 Å². The van der Waals surface area contributed by atoms with Crippen molar-refractivity contribution in [2.24, 2.45) is 0 Å². The first kappa shape index (κ1) is 15.2. The molecule has 2 atom stereocenters. The standard InChI is InChI=1S/C19H26N2O2/c1-11(2)19-21-16-9-12(10-20-15-4-3-5-17(15)22)8-14(13-6-7-13)18(16)23-19/h8-9,11,13,15,17,20,22H,3-7,10H2,1-2H3. The summed E-state index contributed by atoms with van der Waals surface area (Å²) < 4.78 is 6.04. The van der Waals surface area contributed by atoms with Gasteiger partial charge in [0.25, 0.3) is 0 Å². The third-order valence-electron chi connectivity index (χ3n) is 5.15. The van der Waals surface area contributed by atoms with Crippen LogP contribution in [0, 0.1) is 0 Å². The highest BCUT2D eigenvalue weighted by Crippen LogP contribution is 2.44. The van der Waals surface area contributed by atoms with Gasteiger partial charge in [-0.3, -0.25) is 0 Å². The van der Waals surface area contributed by atoms with E-state index in [1.807, 2.05) is 0 Å². The molecule has 1 aromatic carbocycles. The molecule has 2 unspecified atom stereocenters. The average molecular weight is 314 g/mol. The van der Waals surface area contributed by atoms with E-state index in [0.29, 0.717) is 11.8 Å². The van der Waals surface area contributed by atoms with Crippen molar-refractivity contribution in [2.45, 2.75) is 76.5 Å². The van der Waals surface area contributed by atoms with Gasteiger partial charge in [0.2, 0.25) is 0 Å². The number of aliphatic hydroxyl groups is 1. The van der Waals surface area contributed by atoms with Crippen LogP contribution in [0.3, 0.4) is 0 Å². The zero-order chi connectivity index (χ0) is 16.0. The number of fused-ring (bicyclic) bond motifs is 1. The molecule has 2 N–H and O–H groups in total. The van der Waals surface area contributed by atoms with Crippen LogP contribution >= 0.6 is 0 Å². The van der Waals surface area contributed by atoms with Crippen molar-refractivity contribution in [1.82, 2.24) is 10.3 Å². The molecule has 4 heteroatoms. The zero-order valence-electron chi connectivity index (χ0n) is 14.0. The first-order valence-corrected chi connectivity index (χ1v) is 8.96. The van der Waals surface area contributed by atoms with E-state index in [9.17, 15) is 5.11 Å². The third kappa shape index (κ3) is 3.02. The molecule has 0 saturated heterocycles. The highest BCUT2D eigenvalue weighted by Gasteiger charge is 2.29. The van der Waals surface area contributed by atoms with Crippen LogP contribution in [0.5, 0.6) is 0 Å². The minimum absolute atomic E-state index is 0.193. The van der Waals surface area contributed by atoms with Crippen molar-refractivity contribution in [1.29, 1.82) is 0 Å². The van der Waals surface area contributed by atoms with Crippen LogP contribution < -0.4 is 5.32 Å². The molecule has 1 aromatic heterocycles. The zero-order valence-corrected chi connectivity index (χ0v) is 14.0. The van der Waals surface area contributed by atoms with Crippen molar-refractivity contribution >= 4 is 11.1 Å². The number of aliphatic hydroxyl groups excluding tert-OH is 1. The quantitative estimate of drug-likeness (QED) is 0.880. The lowest BCUT2D eigenvalue weighted by Gasteiger charge is -2.16. The van der Waals surface area contributed by atoms with Gasteiger partial charge in [0.05, 0.1) is 6.10 Å². The Hall–Kier alpha value is -1.39. The molecule has 0 bridgehead atoms. The third-order valence-corrected chi connectivity index (χ3v) is 5.15. The van der Waals surface area contributed by atoms with E-state index >= 15 is 0 Å². The number of hydrogen-bond acceptors (Lipinski definition) is 4.